The van der Waals surface area contributed by atoms with Gasteiger partial charge in [0.2, 0.25) is 5.89 Å². The minimum Gasteiger partial charge on any atom is -0.454 e. The number of ether oxygens (including phenoxy) is 1. The number of rotatable bonds is 6. The Morgan fingerprint density at radius 2 is 1.77 bits per heavy atom. The van der Waals surface area contributed by atoms with E-state index in [2.05, 4.69) is 10.4 Å². The Morgan fingerprint density at radius 1 is 1.10 bits per heavy atom. The Bertz CT molecular complexity index is 1160. The highest BCUT2D eigenvalue weighted by atomic mass is 35.5. The Morgan fingerprint density at radius 3 is 2.47 bits per heavy atom. The van der Waals surface area contributed by atoms with Crippen LogP contribution in [0.25, 0.3) is 11.5 Å². The van der Waals surface area contributed by atoms with Crippen LogP contribution in [0, 0.1) is 5.82 Å². The molecule has 156 valence electrons. The molecule has 3 rings (SSSR count). The highest BCUT2D eigenvalue weighted by molar-refractivity contribution is 6.44. The standard InChI is InChI=1S/C18H11Cl3FN3O5/c19-11-5-13(21)14(6-12(11)20)23-15(26)8-29-16(27)7-25-18(28)30-17(24-25)9-1-3-10(22)4-2-9/h1-6H,7-8H2,(H,23,26). The van der Waals surface area contributed by atoms with Gasteiger partial charge in [0.05, 0.1) is 20.8 Å². The summed E-state index contributed by atoms with van der Waals surface area (Å²) >= 11 is 17.6. The van der Waals surface area contributed by atoms with Crippen molar-refractivity contribution in [2.75, 3.05) is 11.9 Å². The van der Waals surface area contributed by atoms with E-state index < -0.39 is 36.6 Å². The number of amides is 1. The first-order valence-electron chi connectivity index (χ1n) is 8.17. The number of esters is 1. The van der Waals surface area contributed by atoms with Gasteiger partial charge < -0.3 is 14.5 Å². The Balaban J connectivity index is 1.57. The first kappa shape index (κ1) is 21.8. The van der Waals surface area contributed by atoms with Gasteiger partial charge >= 0.3 is 11.7 Å². The lowest BCUT2D eigenvalue weighted by atomic mass is 10.2. The lowest BCUT2D eigenvalue weighted by molar-refractivity contribution is -0.148. The van der Waals surface area contributed by atoms with Crippen LogP contribution >= 0.6 is 34.8 Å². The predicted molar refractivity (Wildman–Crippen MR) is 107 cm³/mol. The quantitative estimate of drug-likeness (QED) is 0.431. The molecule has 1 amide bonds. The highest BCUT2D eigenvalue weighted by Gasteiger charge is 2.16. The molecule has 2 aromatic carbocycles. The SMILES string of the molecule is O=C(COC(=O)Cn1nc(-c2ccc(F)cc2)oc1=O)Nc1cc(Cl)c(Cl)cc1Cl. The van der Waals surface area contributed by atoms with Crippen molar-refractivity contribution < 1.29 is 23.1 Å². The van der Waals surface area contributed by atoms with Crippen LogP contribution in [0.5, 0.6) is 0 Å². The Labute approximate surface area is 183 Å². The molecule has 1 aromatic heterocycles. The van der Waals surface area contributed by atoms with Gasteiger partial charge in [-0.25, -0.2) is 9.18 Å². The average molecular weight is 475 g/mol. The summed E-state index contributed by atoms with van der Waals surface area (Å²) in [6.45, 7) is -1.24. The molecule has 30 heavy (non-hydrogen) atoms. The molecular formula is C18H11Cl3FN3O5. The molecule has 0 atom stereocenters. The van der Waals surface area contributed by atoms with Gasteiger partial charge in [-0.1, -0.05) is 34.8 Å². The topological polar surface area (TPSA) is 103 Å². The fourth-order valence-electron chi connectivity index (χ4n) is 2.23. The monoisotopic (exact) mass is 473 g/mol. The molecule has 0 bridgehead atoms. The number of halogens is 4. The van der Waals surface area contributed by atoms with Crippen LogP contribution in [-0.4, -0.2) is 28.3 Å². The van der Waals surface area contributed by atoms with Crippen LogP contribution < -0.4 is 11.1 Å². The zero-order chi connectivity index (χ0) is 21.8. The molecule has 0 saturated carbocycles. The minimum atomic E-state index is -0.918. The molecule has 1 heterocycles. The summed E-state index contributed by atoms with van der Waals surface area (Å²) in [6, 6.07) is 7.76. The number of nitrogens with zero attached hydrogens (tertiary/aromatic N) is 2. The van der Waals surface area contributed by atoms with Crippen molar-refractivity contribution in [2.45, 2.75) is 6.54 Å². The normalized spacial score (nSPS) is 10.7. The number of hydrogen-bond acceptors (Lipinski definition) is 6. The first-order valence-corrected chi connectivity index (χ1v) is 9.30. The second-order valence-corrected chi connectivity index (χ2v) is 7.01. The zero-order valence-corrected chi connectivity index (χ0v) is 17.1. The van der Waals surface area contributed by atoms with Crippen LogP contribution in [0.3, 0.4) is 0 Å². The van der Waals surface area contributed by atoms with Crippen molar-refractivity contribution in [3.8, 4) is 11.5 Å². The zero-order valence-electron chi connectivity index (χ0n) is 14.8. The second kappa shape index (κ2) is 9.29. The van der Waals surface area contributed by atoms with E-state index in [0.29, 0.717) is 5.56 Å². The third kappa shape index (κ3) is 5.38. The lowest BCUT2D eigenvalue weighted by Crippen LogP contribution is -2.26. The summed E-state index contributed by atoms with van der Waals surface area (Å²) in [5.41, 5.74) is 0.530. The summed E-state index contributed by atoms with van der Waals surface area (Å²) in [4.78, 5) is 35.7. The number of aromatic nitrogens is 2. The number of hydrogen-bond donors (Lipinski definition) is 1. The van der Waals surface area contributed by atoms with Gasteiger partial charge in [-0.2, -0.15) is 4.68 Å². The number of nitrogens with one attached hydrogen (secondary N) is 1. The summed E-state index contributed by atoms with van der Waals surface area (Å²) < 4.78 is 23.4. The van der Waals surface area contributed by atoms with Gasteiger partial charge in [-0.3, -0.25) is 9.59 Å². The molecule has 0 fully saturated rings. The summed E-state index contributed by atoms with van der Waals surface area (Å²) in [5, 5.41) is 6.79. The van der Waals surface area contributed by atoms with Crippen molar-refractivity contribution in [3.63, 3.8) is 0 Å². The fourth-order valence-corrected chi connectivity index (χ4v) is 2.83. The molecule has 12 heteroatoms. The Kier molecular flexibility index (Phi) is 6.76. The van der Waals surface area contributed by atoms with E-state index in [1.54, 1.807) is 0 Å². The maximum Gasteiger partial charge on any atom is 0.437 e. The molecule has 0 spiro atoms. The third-order valence-corrected chi connectivity index (χ3v) is 4.66. The molecular weight excluding hydrogens is 464 g/mol. The summed E-state index contributed by atoms with van der Waals surface area (Å²) in [7, 11) is 0. The van der Waals surface area contributed by atoms with E-state index in [1.807, 2.05) is 0 Å². The van der Waals surface area contributed by atoms with E-state index in [9.17, 15) is 18.8 Å². The number of carbonyl (C=O) groups is 2. The molecule has 1 N–H and O–H groups in total. The van der Waals surface area contributed by atoms with Crippen molar-refractivity contribution in [2.24, 2.45) is 0 Å². The largest absolute Gasteiger partial charge is 0.454 e. The van der Waals surface area contributed by atoms with Gasteiger partial charge in [0.1, 0.15) is 12.4 Å². The summed E-state index contributed by atoms with van der Waals surface area (Å²) in [6.07, 6.45) is 0. The fraction of sp³-hybridized carbons (Fsp3) is 0.111. The van der Waals surface area contributed by atoms with Gasteiger partial charge in [-0.15, -0.1) is 5.10 Å². The number of carbonyl (C=O) groups excluding carboxylic acids is 2. The summed E-state index contributed by atoms with van der Waals surface area (Å²) in [5.74, 6) is -3.09. The average Bonchev–Trinajstić information content (AvgIpc) is 3.05. The predicted octanol–water partition coefficient (Wildman–Crippen LogP) is 3.78. The molecule has 0 radical (unpaired) electrons. The molecule has 0 aliphatic carbocycles. The van der Waals surface area contributed by atoms with E-state index in [4.69, 9.17) is 44.0 Å². The molecule has 0 aliphatic rings. The van der Waals surface area contributed by atoms with Crippen molar-refractivity contribution >= 4 is 52.4 Å². The van der Waals surface area contributed by atoms with Crippen LogP contribution in [0.1, 0.15) is 0 Å². The van der Waals surface area contributed by atoms with Gasteiger partial charge in [-0.05, 0) is 36.4 Å². The van der Waals surface area contributed by atoms with Crippen LogP contribution in [0.15, 0.2) is 45.6 Å². The van der Waals surface area contributed by atoms with E-state index in [0.717, 1.165) is 4.68 Å². The molecule has 0 aliphatic heterocycles. The van der Waals surface area contributed by atoms with E-state index in [1.165, 1.54) is 36.4 Å². The molecule has 8 nitrogen and oxygen atoms in total. The number of anilines is 1. The van der Waals surface area contributed by atoms with Gasteiger partial charge in [0.15, 0.2) is 6.61 Å². The van der Waals surface area contributed by atoms with E-state index in [-0.39, 0.29) is 26.6 Å². The maximum absolute atomic E-state index is 13.0. The van der Waals surface area contributed by atoms with Crippen LogP contribution in [0.2, 0.25) is 15.1 Å². The molecule has 0 unspecified atom stereocenters. The third-order valence-electron chi connectivity index (χ3n) is 3.62. The van der Waals surface area contributed by atoms with E-state index >= 15 is 0 Å². The lowest BCUT2D eigenvalue weighted by Gasteiger charge is -2.09. The van der Waals surface area contributed by atoms with Gasteiger partial charge in [0.25, 0.3) is 5.91 Å². The highest BCUT2D eigenvalue weighted by Crippen LogP contribution is 2.32. The van der Waals surface area contributed by atoms with Crippen molar-refractivity contribution in [3.05, 3.63) is 67.8 Å². The first-order chi connectivity index (χ1) is 14.2. The Hall–Kier alpha value is -2.88. The minimum absolute atomic E-state index is 0.0974. The molecule has 3 aromatic rings. The number of benzene rings is 2. The van der Waals surface area contributed by atoms with Crippen LogP contribution in [-0.2, 0) is 20.9 Å². The van der Waals surface area contributed by atoms with Crippen molar-refractivity contribution in [1.82, 2.24) is 9.78 Å². The van der Waals surface area contributed by atoms with Crippen LogP contribution in [0.4, 0.5) is 10.1 Å². The second-order valence-electron chi connectivity index (χ2n) is 5.79. The van der Waals surface area contributed by atoms with Gasteiger partial charge in [0, 0.05) is 5.56 Å². The van der Waals surface area contributed by atoms with Crippen molar-refractivity contribution in [1.29, 1.82) is 0 Å². The maximum atomic E-state index is 13.0. The molecule has 0 saturated heterocycles. The smallest absolute Gasteiger partial charge is 0.437 e.